The molecule has 150 valence electrons. The number of rotatable bonds is 5. The quantitative estimate of drug-likeness (QED) is 0.415. The Kier molecular flexibility index (Phi) is 4.40. The number of ether oxygens (including phenoxy) is 1. The minimum absolute atomic E-state index is 0.244. The second kappa shape index (κ2) is 5.78. The Morgan fingerprint density at radius 2 is 1.65 bits per heavy atom. The maximum atomic E-state index is 13.9. The van der Waals surface area contributed by atoms with Gasteiger partial charge in [-0.25, -0.2) is 4.39 Å². The number of carbonyl (C=O) groups excluding carboxylic acids is 1. The molecule has 4 fully saturated rings. The molecule has 0 aromatic carbocycles. The van der Waals surface area contributed by atoms with Crippen LogP contribution in [-0.2, 0) is 19.6 Å². The van der Waals surface area contributed by atoms with Crippen LogP contribution in [0, 0.1) is 17.3 Å². The highest BCUT2D eigenvalue weighted by molar-refractivity contribution is 7.87. The Bertz CT molecular complexity index is 691. The van der Waals surface area contributed by atoms with E-state index in [2.05, 4.69) is 0 Å². The van der Waals surface area contributed by atoms with Crippen LogP contribution in [0.25, 0.3) is 0 Å². The van der Waals surface area contributed by atoms with Crippen LogP contribution in [0.4, 0.5) is 17.6 Å². The molecule has 4 rings (SSSR count). The standard InChI is InChI=1S/C15H20F4O6S/c16-14(15(17,18)19,26(22,23)24)6-11(20)25-8-12-2-9-1-10(3-12)5-13(21,4-9)7-12/h9-10,21H,1-8H2,(H,22,23,24). The fourth-order valence-corrected chi connectivity index (χ4v) is 5.97. The van der Waals surface area contributed by atoms with E-state index in [0.717, 1.165) is 6.42 Å². The van der Waals surface area contributed by atoms with E-state index in [1.807, 2.05) is 0 Å². The van der Waals surface area contributed by atoms with E-state index < -0.39 is 44.7 Å². The highest BCUT2D eigenvalue weighted by Gasteiger charge is 2.67. The Hall–Kier alpha value is -0.940. The Labute approximate surface area is 147 Å². The lowest BCUT2D eigenvalue weighted by atomic mass is 9.48. The molecular weight excluding hydrogens is 384 g/mol. The molecule has 3 unspecified atom stereocenters. The molecule has 0 amide bonds. The topological polar surface area (TPSA) is 101 Å². The number of alkyl halides is 4. The lowest BCUT2D eigenvalue weighted by molar-refractivity contribution is -0.210. The first-order valence-electron chi connectivity index (χ1n) is 8.28. The van der Waals surface area contributed by atoms with Gasteiger partial charge in [-0.1, -0.05) is 0 Å². The van der Waals surface area contributed by atoms with Crippen LogP contribution in [0.2, 0.25) is 0 Å². The van der Waals surface area contributed by atoms with Crippen LogP contribution in [0.5, 0.6) is 0 Å². The highest BCUT2D eigenvalue weighted by atomic mass is 32.2. The van der Waals surface area contributed by atoms with Gasteiger partial charge in [0.2, 0.25) is 0 Å². The monoisotopic (exact) mass is 404 g/mol. The highest BCUT2D eigenvalue weighted by Crippen LogP contribution is 2.61. The predicted molar refractivity (Wildman–Crippen MR) is 79.1 cm³/mol. The van der Waals surface area contributed by atoms with E-state index in [1.165, 1.54) is 0 Å². The van der Waals surface area contributed by atoms with Crippen LogP contribution in [0.1, 0.15) is 44.9 Å². The van der Waals surface area contributed by atoms with Crippen LogP contribution in [-0.4, -0.2) is 47.4 Å². The molecule has 0 radical (unpaired) electrons. The molecule has 6 nitrogen and oxygen atoms in total. The van der Waals surface area contributed by atoms with Crippen molar-refractivity contribution >= 4 is 16.1 Å². The average Bonchev–Trinajstić information content (AvgIpc) is 2.40. The van der Waals surface area contributed by atoms with E-state index in [0.29, 0.717) is 32.1 Å². The summed E-state index contributed by atoms with van der Waals surface area (Å²) < 4.78 is 87.1. The second-order valence-electron chi connectivity index (χ2n) is 8.22. The largest absolute Gasteiger partial charge is 0.465 e. The zero-order valence-electron chi connectivity index (χ0n) is 13.8. The third kappa shape index (κ3) is 3.33. The first kappa shape index (κ1) is 19.8. The summed E-state index contributed by atoms with van der Waals surface area (Å²) in [7, 11) is -6.22. The molecule has 0 saturated heterocycles. The summed E-state index contributed by atoms with van der Waals surface area (Å²) in [5.41, 5.74) is -1.45. The summed E-state index contributed by atoms with van der Waals surface area (Å²) in [5.74, 6) is -1.22. The van der Waals surface area contributed by atoms with Crippen molar-refractivity contribution in [3.8, 4) is 0 Å². The number of esters is 1. The minimum atomic E-state index is -6.22. The van der Waals surface area contributed by atoms with Gasteiger partial charge in [0.1, 0.15) is 6.42 Å². The normalized spacial score (nSPS) is 38.8. The van der Waals surface area contributed by atoms with Crippen LogP contribution in [0.3, 0.4) is 0 Å². The zero-order valence-corrected chi connectivity index (χ0v) is 14.6. The van der Waals surface area contributed by atoms with Gasteiger partial charge in [0.25, 0.3) is 0 Å². The van der Waals surface area contributed by atoms with E-state index in [-0.39, 0.29) is 18.4 Å². The smallest absolute Gasteiger partial charge is 0.440 e. The number of hydrogen-bond acceptors (Lipinski definition) is 5. The van der Waals surface area contributed by atoms with Crippen molar-refractivity contribution in [2.24, 2.45) is 17.3 Å². The molecule has 2 N–H and O–H groups in total. The molecular formula is C15H20F4O6S. The van der Waals surface area contributed by atoms with E-state index in [4.69, 9.17) is 9.29 Å². The molecule has 0 aromatic rings. The number of carbonyl (C=O) groups is 1. The maximum Gasteiger partial charge on any atom is 0.440 e. The number of aliphatic hydroxyl groups is 1. The molecule has 0 aromatic heterocycles. The minimum Gasteiger partial charge on any atom is -0.465 e. The van der Waals surface area contributed by atoms with Crippen LogP contribution >= 0.6 is 0 Å². The third-order valence-corrected chi connectivity index (χ3v) is 7.09. The Morgan fingerprint density at radius 3 is 2.08 bits per heavy atom. The van der Waals surface area contributed by atoms with Crippen LogP contribution < -0.4 is 0 Å². The van der Waals surface area contributed by atoms with Crippen molar-refractivity contribution in [3.05, 3.63) is 0 Å². The first-order chi connectivity index (χ1) is 11.7. The van der Waals surface area contributed by atoms with E-state index >= 15 is 0 Å². The molecule has 26 heavy (non-hydrogen) atoms. The average molecular weight is 404 g/mol. The summed E-state index contributed by atoms with van der Waals surface area (Å²) in [6.45, 7) is -0.305. The molecule has 4 aliphatic rings. The lowest BCUT2D eigenvalue weighted by Gasteiger charge is -2.59. The Balaban J connectivity index is 1.68. The van der Waals surface area contributed by atoms with E-state index in [9.17, 15) is 35.9 Å². The van der Waals surface area contributed by atoms with Crippen molar-refractivity contribution in [3.63, 3.8) is 0 Å². The van der Waals surface area contributed by atoms with Crippen molar-refractivity contribution in [1.29, 1.82) is 0 Å². The molecule has 0 aliphatic heterocycles. The van der Waals surface area contributed by atoms with Gasteiger partial charge in [-0.3, -0.25) is 9.35 Å². The van der Waals surface area contributed by atoms with Gasteiger partial charge in [-0.15, -0.1) is 0 Å². The third-order valence-electron chi connectivity index (χ3n) is 5.89. The van der Waals surface area contributed by atoms with Gasteiger partial charge in [0, 0.05) is 5.41 Å². The fourth-order valence-electron chi connectivity index (χ4n) is 5.38. The summed E-state index contributed by atoms with van der Waals surface area (Å²) in [5, 5.41) is 5.46. The zero-order chi connectivity index (χ0) is 19.6. The molecule has 0 heterocycles. The number of halogens is 4. The van der Waals surface area contributed by atoms with Crippen molar-refractivity contribution < 1.29 is 45.2 Å². The van der Waals surface area contributed by atoms with Crippen molar-refractivity contribution in [2.75, 3.05) is 6.61 Å². The van der Waals surface area contributed by atoms with Crippen LogP contribution in [0.15, 0.2) is 0 Å². The number of hydrogen-bond donors (Lipinski definition) is 2. The first-order valence-corrected chi connectivity index (χ1v) is 9.72. The fraction of sp³-hybridized carbons (Fsp3) is 0.933. The SMILES string of the molecule is O=C(CC(F)(C(F)(F)F)S(=O)(=O)O)OCC12CC3CC(CC(O)(C3)C1)C2. The summed E-state index contributed by atoms with van der Waals surface area (Å²) in [4.78, 5) is 11.7. The molecule has 4 aliphatic carbocycles. The van der Waals surface area contributed by atoms with Crippen molar-refractivity contribution in [2.45, 2.75) is 61.7 Å². The van der Waals surface area contributed by atoms with Gasteiger partial charge in [-0.2, -0.15) is 21.6 Å². The van der Waals surface area contributed by atoms with Crippen molar-refractivity contribution in [1.82, 2.24) is 0 Å². The molecule has 4 saturated carbocycles. The van der Waals surface area contributed by atoms with Gasteiger partial charge < -0.3 is 9.84 Å². The van der Waals surface area contributed by atoms with Gasteiger partial charge in [-0.05, 0) is 50.4 Å². The molecule has 0 spiro atoms. The van der Waals surface area contributed by atoms with Gasteiger partial charge >= 0.3 is 27.3 Å². The molecule has 3 atom stereocenters. The van der Waals surface area contributed by atoms with E-state index in [1.54, 1.807) is 0 Å². The molecule has 11 heteroatoms. The second-order valence-corrected chi connectivity index (χ2v) is 9.82. The lowest BCUT2D eigenvalue weighted by Crippen LogP contribution is -2.57. The van der Waals surface area contributed by atoms with Gasteiger partial charge in [0.05, 0.1) is 12.2 Å². The van der Waals surface area contributed by atoms with Gasteiger partial charge in [0.15, 0.2) is 0 Å². The summed E-state index contributed by atoms with van der Waals surface area (Å²) in [6, 6.07) is 0. The summed E-state index contributed by atoms with van der Waals surface area (Å²) in [6.07, 6.45) is -4.29. The molecule has 4 bridgehead atoms. The Morgan fingerprint density at radius 1 is 1.12 bits per heavy atom. The summed E-state index contributed by atoms with van der Waals surface area (Å²) >= 11 is 0. The predicted octanol–water partition coefficient (Wildman–Crippen LogP) is 2.37. The maximum absolute atomic E-state index is 13.9.